The highest BCUT2D eigenvalue weighted by Crippen LogP contribution is 2.53. The highest BCUT2D eigenvalue weighted by atomic mass is 19.4. The van der Waals surface area contributed by atoms with Crippen LogP contribution in [0.2, 0.25) is 0 Å². The van der Waals surface area contributed by atoms with Crippen LogP contribution in [0, 0.1) is 5.41 Å². The summed E-state index contributed by atoms with van der Waals surface area (Å²) in [6, 6.07) is 0. The Morgan fingerprint density at radius 1 is 1.15 bits per heavy atom. The standard InChI is InChI=1S/C12H16F6O2/c1-5-7(2)9(19)20-8(3)6-10(4,11(13,14)15)12(16,17)18/h8H,2,5-6H2,1,3-4H3. The highest BCUT2D eigenvalue weighted by Gasteiger charge is 2.67. The Balaban J connectivity index is 5.04. The van der Waals surface area contributed by atoms with E-state index in [4.69, 9.17) is 0 Å². The minimum atomic E-state index is -5.49. The molecule has 0 aliphatic carbocycles. The Morgan fingerprint density at radius 3 is 1.85 bits per heavy atom. The molecule has 0 heterocycles. The van der Waals surface area contributed by atoms with E-state index in [9.17, 15) is 31.1 Å². The summed E-state index contributed by atoms with van der Waals surface area (Å²) in [5.41, 5.74) is -3.95. The second-order valence-electron chi connectivity index (χ2n) is 4.70. The third-order valence-electron chi connectivity index (χ3n) is 2.97. The molecule has 0 saturated heterocycles. The van der Waals surface area contributed by atoms with Crippen LogP contribution in [-0.2, 0) is 9.53 Å². The van der Waals surface area contributed by atoms with Gasteiger partial charge in [0.1, 0.15) is 6.10 Å². The molecule has 0 saturated carbocycles. The van der Waals surface area contributed by atoms with Crippen molar-refractivity contribution in [3.8, 4) is 0 Å². The predicted molar refractivity (Wildman–Crippen MR) is 59.8 cm³/mol. The number of alkyl halides is 6. The molecule has 0 N–H and O–H groups in total. The first-order chi connectivity index (χ1) is 8.76. The number of esters is 1. The van der Waals surface area contributed by atoms with E-state index < -0.39 is 36.3 Å². The average molecular weight is 306 g/mol. The van der Waals surface area contributed by atoms with Crippen LogP contribution < -0.4 is 0 Å². The van der Waals surface area contributed by atoms with E-state index in [1.807, 2.05) is 0 Å². The average Bonchev–Trinajstić information content (AvgIpc) is 2.24. The van der Waals surface area contributed by atoms with Crippen LogP contribution in [0.15, 0.2) is 12.2 Å². The van der Waals surface area contributed by atoms with Crippen LogP contribution in [0.25, 0.3) is 0 Å². The van der Waals surface area contributed by atoms with E-state index in [1.165, 1.54) is 0 Å². The summed E-state index contributed by atoms with van der Waals surface area (Å²) in [4.78, 5) is 11.3. The second-order valence-corrected chi connectivity index (χ2v) is 4.70. The van der Waals surface area contributed by atoms with Crippen LogP contribution in [0.1, 0.15) is 33.6 Å². The Bertz CT molecular complexity index is 355. The molecule has 1 unspecified atom stereocenters. The number of carbonyl (C=O) groups excluding carboxylic acids is 1. The molecule has 20 heavy (non-hydrogen) atoms. The first-order valence-electron chi connectivity index (χ1n) is 5.78. The van der Waals surface area contributed by atoms with Crippen molar-refractivity contribution >= 4 is 5.97 Å². The topological polar surface area (TPSA) is 26.3 Å². The van der Waals surface area contributed by atoms with Gasteiger partial charge in [-0.3, -0.25) is 0 Å². The van der Waals surface area contributed by atoms with Gasteiger partial charge in [0, 0.05) is 12.0 Å². The summed E-state index contributed by atoms with van der Waals surface area (Å²) in [6.07, 6.45) is -13.7. The lowest BCUT2D eigenvalue weighted by atomic mass is 9.83. The molecule has 0 amide bonds. The molecular weight excluding hydrogens is 290 g/mol. The van der Waals surface area contributed by atoms with Crippen molar-refractivity contribution in [1.29, 1.82) is 0 Å². The number of rotatable bonds is 5. The zero-order chi connectivity index (χ0) is 16.4. The van der Waals surface area contributed by atoms with Gasteiger partial charge in [-0.25, -0.2) is 4.79 Å². The molecule has 118 valence electrons. The van der Waals surface area contributed by atoms with Crippen molar-refractivity contribution in [2.24, 2.45) is 5.41 Å². The predicted octanol–water partition coefficient (Wildman–Crippen LogP) is 4.41. The Labute approximate surface area is 112 Å². The number of hydrogen-bond donors (Lipinski definition) is 0. The van der Waals surface area contributed by atoms with Gasteiger partial charge in [-0.05, 0) is 20.3 Å². The molecule has 0 rings (SSSR count). The fourth-order valence-electron chi connectivity index (χ4n) is 1.42. The Kier molecular flexibility index (Phi) is 5.68. The molecule has 0 aliphatic rings. The van der Waals surface area contributed by atoms with Gasteiger partial charge >= 0.3 is 18.3 Å². The Morgan fingerprint density at radius 2 is 1.55 bits per heavy atom. The molecule has 0 bridgehead atoms. The maximum Gasteiger partial charge on any atom is 0.403 e. The lowest BCUT2D eigenvalue weighted by Crippen LogP contribution is -2.49. The summed E-state index contributed by atoms with van der Waals surface area (Å²) in [6.45, 7) is 5.89. The van der Waals surface area contributed by atoms with Gasteiger partial charge in [0.25, 0.3) is 0 Å². The summed E-state index contributed by atoms with van der Waals surface area (Å²) in [7, 11) is 0. The number of carbonyl (C=O) groups is 1. The normalized spacial score (nSPS) is 14.8. The van der Waals surface area contributed by atoms with Crippen LogP contribution in [0.4, 0.5) is 26.3 Å². The van der Waals surface area contributed by atoms with Crippen LogP contribution >= 0.6 is 0 Å². The summed E-state index contributed by atoms with van der Waals surface area (Å²) < 4.78 is 80.4. The zero-order valence-electron chi connectivity index (χ0n) is 11.3. The summed E-state index contributed by atoms with van der Waals surface area (Å²) >= 11 is 0. The lowest BCUT2D eigenvalue weighted by molar-refractivity contribution is -0.340. The third kappa shape index (κ3) is 4.14. The zero-order valence-corrected chi connectivity index (χ0v) is 11.3. The first kappa shape index (κ1) is 18.8. The summed E-state index contributed by atoms with van der Waals surface area (Å²) in [5, 5.41) is 0. The SMILES string of the molecule is C=C(CC)C(=O)OC(C)CC(C)(C(F)(F)F)C(F)(F)F. The van der Waals surface area contributed by atoms with Crippen LogP contribution in [-0.4, -0.2) is 24.4 Å². The van der Waals surface area contributed by atoms with Crippen molar-refractivity contribution in [2.45, 2.75) is 52.1 Å². The smallest absolute Gasteiger partial charge is 0.403 e. The van der Waals surface area contributed by atoms with E-state index in [0.29, 0.717) is 0 Å². The minimum Gasteiger partial charge on any atom is -0.459 e. The monoisotopic (exact) mass is 306 g/mol. The van der Waals surface area contributed by atoms with Crippen molar-refractivity contribution in [2.75, 3.05) is 0 Å². The molecule has 0 aromatic carbocycles. The van der Waals surface area contributed by atoms with Crippen molar-refractivity contribution < 1.29 is 35.9 Å². The maximum absolute atomic E-state index is 12.6. The van der Waals surface area contributed by atoms with Crippen LogP contribution in [0.5, 0.6) is 0 Å². The minimum absolute atomic E-state index is 0.0161. The van der Waals surface area contributed by atoms with Gasteiger partial charge in [-0.2, -0.15) is 26.3 Å². The molecule has 0 aromatic rings. The highest BCUT2D eigenvalue weighted by molar-refractivity contribution is 5.87. The van der Waals surface area contributed by atoms with E-state index >= 15 is 0 Å². The van der Waals surface area contributed by atoms with E-state index in [0.717, 1.165) is 6.92 Å². The van der Waals surface area contributed by atoms with Gasteiger partial charge < -0.3 is 4.74 Å². The lowest BCUT2D eigenvalue weighted by Gasteiger charge is -2.35. The number of halogens is 6. The largest absolute Gasteiger partial charge is 0.459 e. The van der Waals surface area contributed by atoms with E-state index in [-0.39, 0.29) is 18.9 Å². The molecule has 0 spiro atoms. The molecule has 8 heteroatoms. The third-order valence-corrected chi connectivity index (χ3v) is 2.97. The molecular formula is C12H16F6O2. The molecule has 2 nitrogen and oxygen atoms in total. The number of ether oxygens (including phenoxy) is 1. The quantitative estimate of drug-likeness (QED) is 0.427. The van der Waals surface area contributed by atoms with Gasteiger partial charge in [0.2, 0.25) is 0 Å². The van der Waals surface area contributed by atoms with Gasteiger partial charge in [0.15, 0.2) is 5.41 Å². The summed E-state index contributed by atoms with van der Waals surface area (Å²) in [5.74, 6) is -0.994. The Hall–Kier alpha value is -1.21. The van der Waals surface area contributed by atoms with Gasteiger partial charge in [-0.1, -0.05) is 13.5 Å². The number of hydrogen-bond acceptors (Lipinski definition) is 2. The van der Waals surface area contributed by atoms with Crippen molar-refractivity contribution in [3.63, 3.8) is 0 Å². The van der Waals surface area contributed by atoms with E-state index in [1.54, 1.807) is 6.92 Å². The molecule has 0 fully saturated rings. The maximum atomic E-state index is 12.6. The molecule has 0 aromatic heterocycles. The molecule has 0 aliphatic heterocycles. The van der Waals surface area contributed by atoms with Gasteiger partial charge in [0.05, 0.1) is 0 Å². The van der Waals surface area contributed by atoms with Crippen molar-refractivity contribution in [1.82, 2.24) is 0 Å². The van der Waals surface area contributed by atoms with E-state index in [2.05, 4.69) is 11.3 Å². The first-order valence-corrected chi connectivity index (χ1v) is 5.78. The second kappa shape index (κ2) is 6.05. The molecule has 1 atom stereocenters. The van der Waals surface area contributed by atoms with Gasteiger partial charge in [-0.15, -0.1) is 0 Å². The van der Waals surface area contributed by atoms with Crippen molar-refractivity contribution in [3.05, 3.63) is 12.2 Å². The fraction of sp³-hybridized carbons (Fsp3) is 0.750. The fourth-order valence-corrected chi connectivity index (χ4v) is 1.42. The van der Waals surface area contributed by atoms with Crippen LogP contribution in [0.3, 0.4) is 0 Å². The molecule has 0 radical (unpaired) electrons.